The summed E-state index contributed by atoms with van der Waals surface area (Å²) in [5, 5.41) is 18.1. The second-order valence-corrected chi connectivity index (χ2v) is 5.86. The van der Waals surface area contributed by atoms with Crippen molar-refractivity contribution in [1.29, 1.82) is 0 Å². The maximum absolute atomic E-state index is 12.1. The molecule has 0 spiro atoms. The zero-order valence-electron chi connectivity index (χ0n) is 13.4. The van der Waals surface area contributed by atoms with Crippen molar-refractivity contribution in [3.05, 3.63) is 70.0 Å². The lowest BCUT2D eigenvalue weighted by Crippen LogP contribution is -2.24. The normalized spacial score (nSPS) is 10.9. The third-order valence-electron chi connectivity index (χ3n) is 3.57. The molecule has 0 atom stereocenters. The van der Waals surface area contributed by atoms with Gasteiger partial charge in [-0.1, -0.05) is 29.8 Å². The van der Waals surface area contributed by atoms with Gasteiger partial charge in [-0.15, -0.1) is 0 Å². The number of aromatic hydroxyl groups is 1. The highest BCUT2D eigenvalue weighted by atomic mass is 32.1. The number of fused-ring (bicyclic) bond motifs is 1. The number of benzene rings is 2. The molecule has 0 amide bonds. The number of aryl methyl sites for hydroxylation is 1. The number of aromatic amines is 1. The Balaban J connectivity index is 1.79. The summed E-state index contributed by atoms with van der Waals surface area (Å²) in [4.78, 5) is 14.8. The summed E-state index contributed by atoms with van der Waals surface area (Å²) in [6.45, 7) is 1.91. The average Bonchev–Trinajstić information content (AvgIpc) is 2.59. The number of rotatable bonds is 3. The summed E-state index contributed by atoms with van der Waals surface area (Å²) in [6, 6.07) is 14.8. The van der Waals surface area contributed by atoms with E-state index in [9.17, 15) is 9.90 Å². The first-order valence-corrected chi connectivity index (χ1v) is 7.96. The number of aromatic nitrogens is 1. The van der Waals surface area contributed by atoms with Gasteiger partial charge in [-0.05, 0) is 43.4 Å². The molecular formula is C18H16N4O2S. The van der Waals surface area contributed by atoms with Crippen molar-refractivity contribution >= 4 is 40.1 Å². The van der Waals surface area contributed by atoms with Gasteiger partial charge in [-0.3, -0.25) is 10.2 Å². The number of nitrogens with zero attached hydrogens (tertiary/aromatic N) is 1. The summed E-state index contributed by atoms with van der Waals surface area (Å²) < 4.78 is 0. The molecule has 3 aromatic rings. The second-order valence-electron chi connectivity index (χ2n) is 5.46. The van der Waals surface area contributed by atoms with Crippen LogP contribution in [0.2, 0.25) is 0 Å². The molecule has 0 aliphatic carbocycles. The average molecular weight is 352 g/mol. The SMILES string of the molecule is Cc1ccc2[nH]c(=O)c(/C=N\NC(=S)Nc3ccccc3)c(O)c2c1. The van der Waals surface area contributed by atoms with Gasteiger partial charge in [0, 0.05) is 11.1 Å². The molecule has 0 aliphatic rings. The summed E-state index contributed by atoms with van der Waals surface area (Å²) in [5.74, 6) is -0.116. The molecular weight excluding hydrogens is 336 g/mol. The first-order chi connectivity index (χ1) is 12.0. The largest absolute Gasteiger partial charge is 0.506 e. The fraction of sp³-hybridized carbons (Fsp3) is 0.0556. The maximum atomic E-state index is 12.1. The number of para-hydroxylation sites is 1. The van der Waals surface area contributed by atoms with Gasteiger partial charge < -0.3 is 15.4 Å². The van der Waals surface area contributed by atoms with Gasteiger partial charge in [-0.25, -0.2) is 0 Å². The Morgan fingerprint density at radius 2 is 2.00 bits per heavy atom. The van der Waals surface area contributed by atoms with Crippen LogP contribution in [0.1, 0.15) is 11.1 Å². The number of nitrogens with one attached hydrogen (secondary N) is 3. The van der Waals surface area contributed by atoms with Crippen molar-refractivity contribution in [2.24, 2.45) is 5.10 Å². The predicted octanol–water partition coefficient (Wildman–Crippen LogP) is 2.86. The van der Waals surface area contributed by atoms with Crippen LogP contribution in [0.25, 0.3) is 10.9 Å². The third-order valence-corrected chi connectivity index (χ3v) is 3.76. The fourth-order valence-corrected chi connectivity index (χ4v) is 2.53. The molecule has 0 unspecified atom stereocenters. The molecule has 6 nitrogen and oxygen atoms in total. The van der Waals surface area contributed by atoms with Gasteiger partial charge in [0.1, 0.15) is 11.3 Å². The Kier molecular flexibility index (Phi) is 4.76. The van der Waals surface area contributed by atoms with E-state index in [1.165, 1.54) is 6.21 Å². The van der Waals surface area contributed by atoms with Gasteiger partial charge in [0.05, 0.1) is 11.7 Å². The minimum Gasteiger partial charge on any atom is -0.506 e. The van der Waals surface area contributed by atoms with Crippen molar-refractivity contribution in [3.63, 3.8) is 0 Å². The standard InChI is InChI=1S/C18H16N4O2S/c1-11-7-8-15-13(9-11)16(23)14(17(24)21-15)10-19-22-18(25)20-12-5-3-2-4-6-12/h2-10H,1H3,(H2,20,22,25)(H2,21,23,24)/b19-10-. The molecule has 0 saturated heterocycles. The van der Waals surface area contributed by atoms with Crippen LogP contribution < -0.4 is 16.3 Å². The molecule has 1 aromatic heterocycles. The highest BCUT2D eigenvalue weighted by Crippen LogP contribution is 2.24. The highest BCUT2D eigenvalue weighted by molar-refractivity contribution is 7.80. The number of anilines is 1. The predicted molar refractivity (Wildman–Crippen MR) is 104 cm³/mol. The van der Waals surface area contributed by atoms with E-state index in [0.717, 1.165) is 11.3 Å². The first-order valence-electron chi connectivity index (χ1n) is 7.55. The number of hydrazone groups is 1. The van der Waals surface area contributed by atoms with Crippen LogP contribution in [-0.2, 0) is 0 Å². The van der Waals surface area contributed by atoms with Gasteiger partial charge in [0.25, 0.3) is 5.56 Å². The van der Waals surface area contributed by atoms with Gasteiger partial charge in [0.2, 0.25) is 0 Å². The number of pyridine rings is 1. The summed E-state index contributed by atoms with van der Waals surface area (Å²) in [7, 11) is 0. The fourth-order valence-electron chi connectivity index (χ4n) is 2.36. The molecule has 0 saturated carbocycles. The Bertz CT molecular complexity index is 1010. The lowest BCUT2D eigenvalue weighted by atomic mass is 10.1. The van der Waals surface area contributed by atoms with E-state index in [4.69, 9.17) is 12.2 Å². The minimum absolute atomic E-state index is 0.0631. The molecule has 0 radical (unpaired) electrons. The van der Waals surface area contributed by atoms with Crippen LogP contribution in [0.5, 0.6) is 5.75 Å². The number of hydrogen-bond donors (Lipinski definition) is 4. The lowest BCUT2D eigenvalue weighted by Gasteiger charge is -2.07. The molecule has 0 fully saturated rings. The smallest absolute Gasteiger partial charge is 0.261 e. The van der Waals surface area contributed by atoms with Crippen molar-refractivity contribution in [2.45, 2.75) is 6.92 Å². The minimum atomic E-state index is -0.429. The summed E-state index contributed by atoms with van der Waals surface area (Å²) >= 11 is 5.13. The maximum Gasteiger partial charge on any atom is 0.261 e. The van der Waals surface area contributed by atoms with Crippen LogP contribution in [0.4, 0.5) is 5.69 Å². The van der Waals surface area contributed by atoms with E-state index in [-0.39, 0.29) is 16.4 Å². The van der Waals surface area contributed by atoms with E-state index in [2.05, 4.69) is 20.8 Å². The van der Waals surface area contributed by atoms with E-state index in [0.29, 0.717) is 10.9 Å². The van der Waals surface area contributed by atoms with Crippen LogP contribution in [-0.4, -0.2) is 21.4 Å². The first kappa shape index (κ1) is 16.7. The molecule has 4 N–H and O–H groups in total. The van der Waals surface area contributed by atoms with Crippen LogP contribution in [0, 0.1) is 6.92 Å². The number of H-pyrrole nitrogens is 1. The zero-order valence-corrected chi connectivity index (χ0v) is 14.2. The van der Waals surface area contributed by atoms with Gasteiger partial charge in [-0.2, -0.15) is 5.10 Å². The molecule has 3 rings (SSSR count). The molecule has 0 aliphatic heterocycles. The second kappa shape index (κ2) is 7.14. The van der Waals surface area contributed by atoms with Crippen LogP contribution in [0.15, 0.2) is 58.4 Å². The molecule has 2 aromatic carbocycles. The summed E-state index contributed by atoms with van der Waals surface area (Å²) in [5.41, 5.74) is 4.61. The quantitative estimate of drug-likeness (QED) is 0.331. The van der Waals surface area contributed by atoms with E-state index in [1.54, 1.807) is 12.1 Å². The van der Waals surface area contributed by atoms with Crippen molar-refractivity contribution in [2.75, 3.05) is 5.32 Å². The molecule has 7 heteroatoms. The topological polar surface area (TPSA) is 89.5 Å². The van der Waals surface area contributed by atoms with Crippen LogP contribution >= 0.6 is 12.2 Å². The van der Waals surface area contributed by atoms with Gasteiger partial charge in [0.15, 0.2) is 5.11 Å². The Morgan fingerprint density at radius 1 is 1.24 bits per heavy atom. The third kappa shape index (κ3) is 3.84. The van der Waals surface area contributed by atoms with E-state index < -0.39 is 5.56 Å². The van der Waals surface area contributed by atoms with Crippen LogP contribution in [0.3, 0.4) is 0 Å². The molecule has 126 valence electrons. The van der Waals surface area contributed by atoms with Gasteiger partial charge >= 0.3 is 0 Å². The molecule has 0 bridgehead atoms. The monoisotopic (exact) mass is 352 g/mol. The Hall–Kier alpha value is -3.19. The van der Waals surface area contributed by atoms with E-state index >= 15 is 0 Å². The van der Waals surface area contributed by atoms with Crippen molar-refractivity contribution < 1.29 is 5.11 Å². The Morgan fingerprint density at radius 3 is 2.76 bits per heavy atom. The van der Waals surface area contributed by atoms with Crippen molar-refractivity contribution in [1.82, 2.24) is 10.4 Å². The highest BCUT2D eigenvalue weighted by Gasteiger charge is 2.10. The lowest BCUT2D eigenvalue weighted by molar-refractivity contribution is 0.479. The molecule has 1 heterocycles. The zero-order chi connectivity index (χ0) is 17.8. The Labute approximate surface area is 149 Å². The summed E-state index contributed by atoms with van der Waals surface area (Å²) in [6.07, 6.45) is 1.24. The molecule has 25 heavy (non-hydrogen) atoms. The number of hydrogen-bond acceptors (Lipinski definition) is 4. The number of thiocarbonyl (C=S) groups is 1. The van der Waals surface area contributed by atoms with E-state index in [1.807, 2.05) is 43.3 Å². The van der Waals surface area contributed by atoms with Crippen molar-refractivity contribution in [3.8, 4) is 5.75 Å².